The summed E-state index contributed by atoms with van der Waals surface area (Å²) < 4.78 is 9.08. The second-order valence-electron chi connectivity index (χ2n) is 3.32. The van der Waals surface area contributed by atoms with E-state index in [2.05, 4.69) is 19.4 Å². The molecule has 0 N–H and O–H groups in total. The predicted molar refractivity (Wildman–Crippen MR) is 59.0 cm³/mol. The molecule has 92 valence electrons. The van der Waals surface area contributed by atoms with E-state index in [0.717, 1.165) is 0 Å². The zero-order valence-electron chi connectivity index (χ0n) is 10.1. The molecule has 0 atom stereocenters. The summed E-state index contributed by atoms with van der Waals surface area (Å²) in [6.07, 6.45) is 0. The van der Waals surface area contributed by atoms with Crippen molar-refractivity contribution in [3.05, 3.63) is 17.5 Å². The van der Waals surface area contributed by atoms with Crippen molar-refractivity contribution in [1.82, 2.24) is 9.97 Å². The van der Waals surface area contributed by atoms with Crippen LogP contribution >= 0.6 is 0 Å². The molecule has 1 rings (SSSR count). The van der Waals surface area contributed by atoms with Gasteiger partial charge < -0.3 is 14.4 Å². The maximum Gasteiger partial charge on any atom is 0.356 e. The monoisotopic (exact) mass is 239 g/mol. The van der Waals surface area contributed by atoms with Gasteiger partial charge in [0.1, 0.15) is 0 Å². The first-order valence-electron chi connectivity index (χ1n) is 4.72. The van der Waals surface area contributed by atoms with Crippen molar-refractivity contribution in [3.63, 3.8) is 0 Å². The summed E-state index contributed by atoms with van der Waals surface area (Å²) in [6.45, 7) is 0. The Morgan fingerprint density at radius 1 is 1.06 bits per heavy atom. The highest BCUT2D eigenvalue weighted by Gasteiger charge is 2.17. The van der Waals surface area contributed by atoms with Gasteiger partial charge in [-0.25, -0.2) is 19.6 Å². The summed E-state index contributed by atoms with van der Waals surface area (Å²) in [5.74, 6) is -1.05. The molecule has 7 nitrogen and oxygen atoms in total. The standard InChI is InChI=1S/C10H13N3O4/c1-13(2)10-11-6(8(14)16-3)5-7(12-10)9(15)17-4/h5H,1-4H3. The number of anilines is 1. The van der Waals surface area contributed by atoms with E-state index in [9.17, 15) is 9.59 Å². The predicted octanol–water partition coefficient (Wildman–Crippen LogP) is 0.116. The molecule has 0 saturated carbocycles. The molecule has 1 heterocycles. The molecule has 1 aromatic rings. The number of carbonyl (C=O) groups excluding carboxylic acids is 2. The Morgan fingerprint density at radius 2 is 1.47 bits per heavy atom. The van der Waals surface area contributed by atoms with Crippen LogP contribution in [0, 0.1) is 0 Å². The fourth-order valence-electron chi connectivity index (χ4n) is 1.05. The quantitative estimate of drug-likeness (QED) is 0.692. The van der Waals surface area contributed by atoms with Crippen molar-refractivity contribution in [2.45, 2.75) is 0 Å². The van der Waals surface area contributed by atoms with Crippen LogP contribution in [0.3, 0.4) is 0 Å². The van der Waals surface area contributed by atoms with Crippen LogP contribution in [0.25, 0.3) is 0 Å². The number of hydrogen-bond donors (Lipinski definition) is 0. The summed E-state index contributed by atoms with van der Waals surface area (Å²) in [5, 5.41) is 0. The topological polar surface area (TPSA) is 81.6 Å². The van der Waals surface area contributed by atoms with Crippen LogP contribution in [0.2, 0.25) is 0 Å². The highest BCUT2D eigenvalue weighted by Crippen LogP contribution is 2.10. The smallest absolute Gasteiger partial charge is 0.356 e. The highest BCUT2D eigenvalue weighted by atomic mass is 16.5. The van der Waals surface area contributed by atoms with Crippen LogP contribution in [0.4, 0.5) is 5.95 Å². The number of hydrogen-bond acceptors (Lipinski definition) is 7. The van der Waals surface area contributed by atoms with Gasteiger partial charge in [0.15, 0.2) is 11.4 Å². The number of carbonyl (C=O) groups is 2. The molecular weight excluding hydrogens is 226 g/mol. The number of rotatable bonds is 3. The molecule has 0 fully saturated rings. The summed E-state index contributed by atoms with van der Waals surface area (Å²) in [4.78, 5) is 32.2. The summed E-state index contributed by atoms with van der Waals surface area (Å²) in [5.41, 5.74) is 0.0122. The minimum Gasteiger partial charge on any atom is -0.464 e. The van der Waals surface area contributed by atoms with Gasteiger partial charge >= 0.3 is 11.9 Å². The van der Waals surface area contributed by atoms with Gasteiger partial charge in [-0.2, -0.15) is 0 Å². The third kappa shape index (κ3) is 2.90. The molecule has 0 saturated heterocycles. The van der Waals surface area contributed by atoms with Crippen LogP contribution in [0.5, 0.6) is 0 Å². The van der Waals surface area contributed by atoms with E-state index in [-0.39, 0.29) is 17.3 Å². The van der Waals surface area contributed by atoms with E-state index >= 15 is 0 Å². The van der Waals surface area contributed by atoms with Crippen molar-refractivity contribution in [1.29, 1.82) is 0 Å². The fourth-order valence-corrected chi connectivity index (χ4v) is 1.05. The zero-order valence-corrected chi connectivity index (χ0v) is 10.1. The molecule has 17 heavy (non-hydrogen) atoms. The van der Waals surface area contributed by atoms with E-state index < -0.39 is 11.9 Å². The van der Waals surface area contributed by atoms with Crippen molar-refractivity contribution >= 4 is 17.9 Å². The number of esters is 2. The summed E-state index contributed by atoms with van der Waals surface area (Å²) in [6, 6.07) is 1.23. The summed E-state index contributed by atoms with van der Waals surface area (Å²) >= 11 is 0. The molecule has 0 aliphatic carbocycles. The molecular formula is C10H13N3O4. The molecule has 0 aliphatic rings. The Kier molecular flexibility index (Phi) is 3.97. The van der Waals surface area contributed by atoms with Gasteiger partial charge in [0.2, 0.25) is 5.95 Å². The van der Waals surface area contributed by atoms with E-state index in [0.29, 0.717) is 0 Å². The number of aromatic nitrogens is 2. The Hall–Kier alpha value is -2.18. The molecule has 0 aliphatic heterocycles. The van der Waals surface area contributed by atoms with Crippen molar-refractivity contribution in [3.8, 4) is 0 Å². The van der Waals surface area contributed by atoms with E-state index in [4.69, 9.17) is 0 Å². The van der Waals surface area contributed by atoms with Crippen LogP contribution in [-0.4, -0.2) is 50.2 Å². The van der Waals surface area contributed by atoms with Crippen molar-refractivity contribution < 1.29 is 19.1 Å². The maximum atomic E-state index is 11.4. The Morgan fingerprint density at radius 3 is 1.76 bits per heavy atom. The molecule has 0 bridgehead atoms. The third-order valence-corrected chi connectivity index (χ3v) is 1.90. The first-order valence-corrected chi connectivity index (χ1v) is 4.72. The Bertz CT molecular complexity index is 411. The summed E-state index contributed by atoms with van der Waals surface area (Å²) in [7, 11) is 5.85. The lowest BCUT2D eigenvalue weighted by Crippen LogP contribution is -2.18. The molecule has 0 amide bonds. The third-order valence-electron chi connectivity index (χ3n) is 1.90. The van der Waals surface area contributed by atoms with Gasteiger partial charge in [-0.1, -0.05) is 0 Å². The number of ether oxygens (including phenoxy) is 2. The highest BCUT2D eigenvalue weighted by molar-refractivity contribution is 5.93. The average molecular weight is 239 g/mol. The fraction of sp³-hybridized carbons (Fsp3) is 0.400. The van der Waals surface area contributed by atoms with Crippen LogP contribution in [-0.2, 0) is 9.47 Å². The number of methoxy groups -OCH3 is 2. The second kappa shape index (κ2) is 5.24. The Balaban J connectivity index is 3.28. The molecule has 7 heteroatoms. The van der Waals surface area contributed by atoms with Crippen LogP contribution in [0.15, 0.2) is 6.07 Å². The van der Waals surface area contributed by atoms with E-state index in [1.165, 1.54) is 20.3 Å². The van der Waals surface area contributed by atoms with Gasteiger partial charge in [-0.3, -0.25) is 0 Å². The lowest BCUT2D eigenvalue weighted by molar-refractivity contribution is 0.0590. The Labute approximate surface area is 98.4 Å². The van der Waals surface area contributed by atoms with Gasteiger partial charge in [0.25, 0.3) is 0 Å². The minimum absolute atomic E-state index is 0.00611. The maximum absolute atomic E-state index is 11.4. The van der Waals surface area contributed by atoms with Crippen LogP contribution < -0.4 is 4.90 Å². The molecule has 0 radical (unpaired) electrons. The first-order chi connectivity index (χ1) is 7.99. The van der Waals surface area contributed by atoms with Crippen molar-refractivity contribution in [2.75, 3.05) is 33.2 Å². The lowest BCUT2D eigenvalue weighted by Gasteiger charge is -2.11. The van der Waals surface area contributed by atoms with Gasteiger partial charge in [0, 0.05) is 20.2 Å². The zero-order chi connectivity index (χ0) is 13.0. The largest absolute Gasteiger partial charge is 0.464 e. The molecule has 0 spiro atoms. The second-order valence-corrected chi connectivity index (χ2v) is 3.32. The molecule has 0 unspecified atom stereocenters. The molecule has 1 aromatic heterocycles. The normalized spacial score (nSPS) is 9.65. The van der Waals surface area contributed by atoms with E-state index in [1.54, 1.807) is 19.0 Å². The minimum atomic E-state index is -0.638. The number of nitrogens with zero attached hydrogens (tertiary/aromatic N) is 3. The van der Waals surface area contributed by atoms with Gasteiger partial charge in [-0.05, 0) is 0 Å². The first kappa shape index (κ1) is 12.9. The lowest BCUT2D eigenvalue weighted by atomic mass is 10.3. The van der Waals surface area contributed by atoms with E-state index in [1.807, 2.05) is 0 Å². The van der Waals surface area contributed by atoms with Gasteiger partial charge in [-0.15, -0.1) is 0 Å². The molecule has 0 aromatic carbocycles. The SMILES string of the molecule is COC(=O)c1cc(C(=O)OC)nc(N(C)C)n1. The average Bonchev–Trinajstić information content (AvgIpc) is 2.36. The van der Waals surface area contributed by atoms with Gasteiger partial charge in [0.05, 0.1) is 14.2 Å². The van der Waals surface area contributed by atoms with Crippen molar-refractivity contribution in [2.24, 2.45) is 0 Å². The van der Waals surface area contributed by atoms with Crippen LogP contribution in [0.1, 0.15) is 21.0 Å².